The van der Waals surface area contributed by atoms with E-state index in [4.69, 9.17) is 4.74 Å². The molecule has 28 heavy (non-hydrogen) atoms. The van der Waals surface area contributed by atoms with Crippen molar-refractivity contribution in [2.24, 2.45) is 5.41 Å². The average Bonchev–Trinajstić information content (AvgIpc) is 3.23. The number of likely N-dealkylation sites (tertiary alicyclic amines) is 2. The van der Waals surface area contributed by atoms with Crippen LogP contribution in [0.1, 0.15) is 41.7 Å². The zero-order valence-electron chi connectivity index (χ0n) is 16.7. The summed E-state index contributed by atoms with van der Waals surface area (Å²) in [5, 5.41) is 0. The largest absolute Gasteiger partial charge is 0.385 e. The first-order valence-electron chi connectivity index (χ1n) is 10.0. The van der Waals surface area contributed by atoms with Crippen LogP contribution in [-0.4, -0.2) is 70.9 Å². The first kappa shape index (κ1) is 18.9. The maximum absolute atomic E-state index is 12.9. The summed E-state index contributed by atoms with van der Waals surface area (Å²) in [6, 6.07) is 3.98. The predicted molar refractivity (Wildman–Crippen MR) is 105 cm³/mol. The number of ether oxygens (including phenoxy) is 1. The molecule has 2 aromatic heterocycles. The van der Waals surface area contributed by atoms with Crippen LogP contribution in [0.2, 0.25) is 0 Å². The summed E-state index contributed by atoms with van der Waals surface area (Å²) >= 11 is 0. The molecule has 0 atom stereocenters. The van der Waals surface area contributed by atoms with E-state index in [1.165, 1.54) is 0 Å². The van der Waals surface area contributed by atoms with Crippen molar-refractivity contribution in [2.45, 2.75) is 32.6 Å². The Morgan fingerprint density at radius 3 is 2.86 bits per heavy atom. The number of imidazole rings is 1. The number of carbonyl (C=O) groups excluding carboxylic acids is 2. The Morgan fingerprint density at radius 2 is 2.11 bits per heavy atom. The molecule has 2 saturated heterocycles. The van der Waals surface area contributed by atoms with Gasteiger partial charge in [0.25, 0.3) is 5.91 Å². The number of pyridine rings is 1. The van der Waals surface area contributed by atoms with Gasteiger partial charge in [-0.2, -0.15) is 0 Å². The number of piperidine rings is 1. The molecule has 0 saturated carbocycles. The van der Waals surface area contributed by atoms with E-state index in [0.717, 1.165) is 43.6 Å². The van der Waals surface area contributed by atoms with Gasteiger partial charge in [-0.05, 0) is 43.9 Å². The quantitative estimate of drug-likeness (QED) is 0.741. The zero-order valence-corrected chi connectivity index (χ0v) is 16.7. The molecule has 7 nitrogen and oxygen atoms in total. The molecule has 2 aliphatic rings. The van der Waals surface area contributed by atoms with Gasteiger partial charge in [0.15, 0.2) is 0 Å². The summed E-state index contributed by atoms with van der Waals surface area (Å²) < 4.78 is 6.98. The lowest BCUT2D eigenvalue weighted by Crippen LogP contribution is -2.44. The number of amides is 2. The van der Waals surface area contributed by atoms with Crippen molar-refractivity contribution >= 4 is 17.5 Å². The van der Waals surface area contributed by atoms with Gasteiger partial charge >= 0.3 is 0 Å². The van der Waals surface area contributed by atoms with E-state index in [1.807, 2.05) is 39.5 Å². The number of fused-ring (bicyclic) bond motifs is 1. The molecule has 1 spiro atoms. The standard InChI is InChI=1S/C21H28N4O3/c1-16-4-8-24-14-17(22-18(24)12-16)20(27)23-9-5-21(6-10-23)13-19(26)25(15-21)7-3-11-28-2/h4,8,12,14H,3,5-7,9-11,13,15H2,1-2H3. The third-order valence-corrected chi connectivity index (χ3v) is 6.13. The second-order valence-corrected chi connectivity index (χ2v) is 8.23. The number of aromatic nitrogens is 2. The van der Waals surface area contributed by atoms with Gasteiger partial charge in [0.05, 0.1) is 0 Å². The number of carbonyl (C=O) groups is 2. The van der Waals surface area contributed by atoms with E-state index in [2.05, 4.69) is 4.98 Å². The highest BCUT2D eigenvalue weighted by molar-refractivity contribution is 5.93. The van der Waals surface area contributed by atoms with Gasteiger partial charge < -0.3 is 18.9 Å². The van der Waals surface area contributed by atoms with Crippen LogP contribution in [0.5, 0.6) is 0 Å². The minimum atomic E-state index is -0.0162. The number of hydrogen-bond acceptors (Lipinski definition) is 4. The van der Waals surface area contributed by atoms with Gasteiger partial charge in [-0.1, -0.05) is 0 Å². The number of hydrogen-bond donors (Lipinski definition) is 0. The van der Waals surface area contributed by atoms with E-state index in [-0.39, 0.29) is 17.2 Å². The minimum absolute atomic E-state index is 0.0162. The molecule has 0 bridgehead atoms. The number of nitrogens with zero attached hydrogens (tertiary/aromatic N) is 4. The van der Waals surface area contributed by atoms with Crippen LogP contribution < -0.4 is 0 Å². The smallest absolute Gasteiger partial charge is 0.274 e. The first-order valence-corrected chi connectivity index (χ1v) is 10.0. The van der Waals surface area contributed by atoms with Crippen LogP contribution >= 0.6 is 0 Å². The Labute approximate surface area is 165 Å². The fourth-order valence-electron chi connectivity index (χ4n) is 4.45. The predicted octanol–water partition coefficient (Wildman–Crippen LogP) is 2.13. The lowest BCUT2D eigenvalue weighted by Gasteiger charge is -2.38. The second kappa shape index (κ2) is 7.54. The normalized spacial score (nSPS) is 19.1. The minimum Gasteiger partial charge on any atom is -0.385 e. The molecule has 0 radical (unpaired) electrons. The summed E-state index contributed by atoms with van der Waals surface area (Å²) in [6.45, 7) is 5.64. The van der Waals surface area contributed by atoms with Gasteiger partial charge in [-0.3, -0.25) is 9.59 Å². The molecule has 0 N–H and O–H groups in total. The van der Waals surface area contributed by atoms with Crippen LogP contribution in [-0.2, 0) is 9.53 Å². The molecule has 0 aromatic carbocycles. The van der Waals surface area contributed by atoms with Crippen molar-refractivity contribution in [1.29, 1.82) is 0 Å². The summed E-state index contributed by atoms with van der Waals surface area (Å²) in [5.74, 6) is 0.226. The number of aryl methyl sites for hydroxylation is 1. The lowest BCUT2D eigenvalue weighted by atomic mass is 9.77. The lowest BCUT2D eigenvalue weighted by molar-refractivity contribution is -0.128. The summed E-state index contributed by atoms with van der Waals surface area (Å²) in [5.41, 5.74) is 2.44. The third-order valence-electron chi connectivity index (χ3n) is 6.13. The van der Waals surface area contributed by atoms with Crippen molar-refractivity contribution < 1.29 is 14.3 Å². The monoisotopic (exact) mass is 384 g/mol. The van der Waals surface area contributed by atoms with E-state index >= 15 is 0 Å². The topological polar surface area (TPSA) is 67.2 Å². The Kier molecular flexibility index (Phi) is 5.10. The highest BCUT2D eigenvalue weighted by Gasteiger charge is 2.45. The zero-order chi connectivity index (χ0) is 19.7. The van der Waals surface area contributed by atoms with Crippen molar-refractivity contribution in [3.63, 3.8) is 0 Å². The average molecular weight is 384 g/mol. The molecular weight excluding hydrogens is 356 g/mol. The SMILES string of the molecule is COCCCN1CC2(CCN(C(=O)c3cn4ccc(C)cc4n3)CC2)CC1=O. The molecule has 2 aliphatic heterocycles. The van der Waals surface area contributed by atoms with Crippen LogP contribution in [0, 0.1) is 12.3 Å². The molecule has 0 unspecified atom stereocenters. The van der Waals surface area contributed by atoms with Gasteiger partial charge in [0.2, 0.25) is 5.91 Å². The van der Waals surface area contributed by atoms with Crippen LogP contribution in [0.3, 0.4) is 0 Å². The molecule has 7 heteroatoms. The van der Waals surface area contributed by atoms with Crippen LogP contribution in [0.25, 0.3) is 5.65 Å². The van der Waals surface area contributed by atoms with Gasteiger partial charge in [-0.15, -0.1) is 0 Å². The van der Waals surface area contributed by atoms with Crippen LogP contribution in [0.15, 0.2) is 24.5 Å². The Morgan fingerprint density at radius 1 is 1.32 bits per heavy atom. The molecule has 2 amide bonds. The number of rotatable bonds is 5. The summed E-state index contributed by atoms with van der Waals surface area (Å²) in [6.07, 6.45) is 6.96. The Hall–Kier alpha value is -2.41. The maximum Gasteiger partial charge on any atom is 0.274 e. The fourth-order valence-corrected chi connectivity index (χ4v) is 4.45. The van der Waals surface area contributed by atoms with Crippen molar-refractivity contribution in [2.75, 3.05) is 39.9 Å². The molecule has 2 aromatic rings. The summed E-state index contributed by atoms with van der Waals surface area (Å²) in [4.78, 5) is 33.7. The van der Waals surface area contributed by atoms with Crippen molar-refractivity contribution in [1.82, 2.24) is 19.2 Å². The van der Waals surface area contributed by atoms with Gasteiger partial charge in [0.1, 0.15) is 11.3 Å². The summed E-state index contributed by atoms with van der Waals surface area (Å²) in [7, 11) is 1.68. The fraction of sp³-hybridized carbons (Fsp3) is 0.571. The molecule has 150 valence electrons. The second-order valence-electron chi connectivity index (χ2n) is 8.23. The molecule has 4 rings (SSSR count). The highest BCUT2D eigenvalue weighted by Crippen LogP contribution is 2.41. The van der Waals surface area contributed by atoms with Crippen molar-refractivity contribution in [3.05, 3.63) is 35.8 Å². The Bertz CT molecular complexity index is 883. The molecular formula is C21H28N4O3. The van der Waals surface area contributed by atoms with E-state index in [0.29, 0.717) is 31.8 Å². The van der Waals surface area contributed by atoms with E-state index in [1.54, 1.807) is 13.3 Å². The molecule has 2 fully saturated rings. The molecule has 4 heterocycles. The van der Waals surface area contributed by atoms with E-state index < -0.39 is 0 Å². The van der Waals surface area contributed by atoms with Gasteiger partial charge in [0, 0.05) is 64.1 Å². The van der Waals surface area contributed by atoms with E-state index in [9.17, 15) is 9.59 Å². The number of methoxy groups -OCH3 is 1. The first-order chi connectivity index (χ1) is 13.5. The van der Waals surface area contributed by atoms with Crippen molar-refractivity contribution in [3.8, 4) is 0 Å². The Balaban J connectivity index is 1.38. The van der Waals surface area contributed by atoms with Crippen LogP contribution in [0.4, 0.5) is 0 Å². The van der Waals surface area contributed by atoms with Gasteiger partial charge in [-0.25, -0.2) is 4.98 Å². The highest BCUT2D eigenvalue weighted by atomic mass is 16.5. The molecule has 0 aliphatic carbocycles. The maximum atomic E-state index is 12.9. The third kappa shape index (κ3) is 3.63.